The Morgan fingerprint density at radius 2 is 1.95 bits per heavy atom. The van der Waals surface area contributed by atoms with Gasteiger partial charge in [-0.25, -0.2) is 0 Å². The number of carbonyl (C=O) groups is 1. The number of hydrogen-bond donors (Lipinski definition) is 0. The molecule has 105 valence electrons. The smallest absolute Gasteiger partial charge is 0.260 e. The number of nitrogens with zero attached hydrogens (tertiary/aromatic N) is 1. The third-order valence-electron chi connectivity index (χ3n) is 2.96. The minimum absolute atomic E-state index is 0.0748. The van der Waals surface area contributed by atoms with Gasteiger partial charge in [-0.3, -0.25) is 4.79 Å². The van der Waals surface area contributed by atoms with Crippen LogP contribution in [-0.2, 0) is 4.79 Å². The van der Waals surface area contributed by atoms with E-state index in [1.807, 2.05) is 23.1 Å². The summed E-state index contributed by atoms with van der Waals surface area (Å²) in [7, 11) is 0. The van der Waals surface area contributed by atoms with Gasteiger partial charge in [0.1, 0.15) is 5.75 Å². The van der Waals surface area contributed by atoms with Gasteiger partial charge < -0.3 is 9.64 Å². The Labute approximate surface area is 116 Å². The number of amides is 1. The van der Waals surface area contributed by atoms with Gasteiger partial charge in [0, 0.05) is 13.1 Å². The maximum absolute atomic E-state index is 12.1. The van der Waals surface area contributed by atoms with Crippen LogP contribution in [0.3, 0.4) is 0 Å². The molecular formula is C16H24NO2. The van der Waals surface area contributed by atoms with Gasteiger partial charge in [-0.05, 0) is 31.0 Å². The van der Waals surface area contributed by atoms with Gasteiger partial charge in [-0.2, -0.15) is 0 Å². The molecule has 3 nitrogen and oxygen atoms in total. The molecule has 1 aromatic rings. The molecule has 1 radical (unpaired) electrons. The molecule has 1 aromatic carbocycles. The van der Waals surface area contributed by atoms with Crippen LogP contribution >= 0.6 is 0 Å². The minimum atomic E-state index is 0.0748. The number of benzene rings is 1. The van der Waals surface area contributed by atoms with E-state index in [1.165, 1.54) is 0 Å². The van der Waals surface area contributed by atoms with E-state index in [0.717, 1.165) is 38.8 Å². The monoisotopic (exact) mass is 262 g/mol. The molecule has 0 aromatic heterocycles. The summed E-state index contributed by atoms with van der Waals surface area (Å²) in [4.78, 5) is 14.0. The lowest BCUT2D eigenvalue weighted by Crippen LogP contribution is -2.36. The molecule has 1 rings (SSSR count). The van der Waals surface area contributed by atoms with Crippen molar-refractivity contribution in [1.82, 2.24) is 4.90 Å². The number of carbonyl (C=O) groups excluding carboxylic acids is 1. The second-order valence-corrected chi connectivity index (χ2v) is 4.62. The lowest BCUT2D eigenvalue weighted by Gasteiger charge is -2.22. The molecule has 0 aliphatic carbocycles. The van der Waals surface area contributed by atoms with Crippen molar-refractivity contribution in [2.45, 2.75) is 39.5 Å². The van der Waals surface area contributed by atoms with E-state index in [9.17, 15) is 4.79 Å². The van der Waals surface area contributed by atoms with E-state index in [1.54, 1.807) is 6.07 Å². The number of ether oxygens (including phenoxy) is 1. The lowest BCUT2D eigenvalue weighted by molar-refractivity contribution is -0.133. The summed E-state index contributed by atoms with van der Waals surface area (Å²) in [6, 6.07) is 10.2. The zero-order chi connectivity index (χ0) is 13.9. The zero-order valence-electron chi connectivity index (χ0n) is 12.0. The first-order chi connectivity index (χ1) is 9.27. The van der Waals surface area contributed by atoms with Crippen molar-refractivity contribution in [2.24, 2.45) is 0 Å². The van der Waals surface area contributed by atoms with E-state index >= 15 is 0 Å². The Bertz CT molecular complexity index is 343. The van der Waals surface area contributed by atoms with E-state index in [0.29, 0.717) is 5.75 Å². The molecule has 0 saturated carbocycles. The van der Waals surface area contributed by atoms with Gasteiger partial charge in [0.15, 0.2) is 6.61 Å². The molecular weight excluding hydrogens is 238 g/mol. The van der Waals surface area contributed by atoms with Crippen LogP contribution in [0.1, 0.15) is 39.5 Å². The highest BCUT2D eigenvalue weighted by atomic mass is 16.5. The Morgan fingerprint density at radius 3 is 2.47 bits per heavy atom. The summed E-state index contributed by atoms with van der Waals surface area (Å²) < 4.78 is 5.49. The van der Waals surface area contributed by atoms with Crippen LogP contribution in [0, 0.1) is 6.07 Å². The SMILES string of the molecule is CCCCN(CCCC)C(=O)COc1c[c]ccc1. The topological polar surface area (TPSA) is 29.5 Å². The van der Waals surface area contributed by atoms with E-state index in [4.69, 9.17) is 4.74 Å². The van der Waals surface area contributed by atoms with Crippen molar-refractivity contribution in [3.63, 3.8) is 0 Å². The van der Waals surface area contributed by atoms with Crippen molar-refractivity contribution < 1.29 is 9.53 Å². The van der Waals surface area contributed by atoms with Crippen LogP contribution < -0.4 is 4.74 Å². The average Bonchev–Trinajstić information content (AvgIpc) is 2.46. The van der Waals surface area contributed by atoms with Gasteiger partial charge in [-0.15, -0.1) is 0 Å². The molecule has 0 unspecified atom stereocenters. The molecule has 0 fully saturated rings. The molecule has 0 spiro atoms. The van der Waals surface area contributed by atoms with Crippen LogP contribution in [0.25, 0.3) is 0 Å². The summed E-state index contributed by atoms with van der Waals surface area (Å²) in [5.74, 6) is 0.771. The molecule has 0 heterocycles. The van der Waals surface area contributed by atoms with Crippen LogP contribution in [-0.4, -0.2) is 30.5 Å². The van der Waals surface area contributed by atoms with E-state index < -0.39 is 0 Å². The first-order valence-electron chi connectivity index (χ1n) is 7.14. The lowest BCUT2D eigenvalue weighted by atomic mass is 10.2. The largest absolute Gasteiger partial charge is 0.484 e. The Balaban J connectivity index is 2.41. The maximum atomic E-state index is 12.1. The van der Waals surface area contributed by atoms with Gasteiger partial charge in [-0.1, -0.05) is 38.8 Å². The number of hydrogen-bond acceptors (Lipinski definition) is 2. The van der Waals surface area contributed by atoms with Crippen LogP contribution in [0.4, 0.5) is 0 Å². The highest BCUT2D eigenvalue weighted by Gasteiger charge is 2.12. The average molecular weight is 262 g/mol. The van der Waals surface area contributed by atoms with Crippen molar-refractivity contribution in [3.8, 4) is 5.75 Å². The van der Waals surface area contributed by atoms with Gasteiger partial charge in [0.2, 0.25) is 0 Å². The minimum Gasteiger partial charge on any atom is -0.484 e. The maximum Gasteiger partial charge on any atom is 0.260 e. The van der Waals surface area contributed by atoms with Crippen LogP contribution in [0.15, 0.2) is 24.3 Å². The zero-order valence-corrected chi connectivity index (χ0v) is 12.0. The summed E-state index contributed by atoms with van der Waals surface area (Å²) in [5.41, 5.74) is 0. The number of rotatable bonds is 9. The van der Waals surface area contributed by atoms with Crippen LogP contribution in [0.2, 0.25) is 0 Å². The fraction of sp³-hybridized carbons (Fsp3) is 0.562. The first kappa shape index (κ1) is 15.5. The highest BCUT2D eigenvalue weighted by Crippen LogP contribution is 2.08. The molecule has 0 aliphatic rings. The first-order valence-corrected chi connectivity index (χ1v) is 7.14. The van der Waals surface area contributed by atoms with E-state index in [2.05, 4.69) is 19.9 Å². The predicted molar refractivity (Wildman–Crippen MR) is 77.2 cm³/mol. The second kappa shape index (κ2) is 9.42. The standard InChI is InChI=1S/C16H24NO2/c1-3-5-12-17(13-6-4-2)16(18)14-19-15-10-8-7-9-11-15/h7-8,10-11H,3-6,12-14H2,1-2H3. The van der Waals surface area contributed by atoms with Crippen LogP contribution in [0.5, 0.6) is 5.75 Å². The summed E-state index contributed by atoms with van der Waals surface area (Å²) >= 11 is 0. The summed E-state index contributed by atoms with van der Waals surface area (Å²) in [6.07, 6.45) is 4.30. The Hall–Kier alpha value is -1.51. The molecule has 0 atom stereocenters. The van der Waals surface area contributed by atoms with Gasteiger partial charge >= 0.3 is 0 Å². The van der Waals surface area contributed by atoms with Crippen molar-refractivity contribution in [1.29, 1.82) is 0 Å². The summed E-state index contributed by atoms with van der Waals surface area (Å²) in [5, 5.41) is 0. The van der Waals surface area contributed by atoms with Gasteiger partial charge in [0.05, 0.1) is 0 Å². The Kier molecular flexibility index (Phi) is 7.71. The summed E-state index contributed by atoms with van der Waals surface area (Å²) in [6.45, 7) is 6.06. The van der Waals surface area contributed by atoms with Crippen molar-refractivity contribution in [2.75, 3.05) is 19.7 Å². The van der Waals surface area contributed by atoms with Crippen molar-refractivity contribution >= 4 is 5.91 Å². The molecule has 0 aliphatic heterocycles. The third kappa shape index (κ3) is 6.27. The molecule has 19 heavy (non-hydrogen) atoms. The molecule has 0 N–H and O–H groups in total. The second-order valence-electron chi connectivity index (χ2n) is 4.62. The molecule has 1 amide bonds. The van der Waals surface area contributed by atoms with Crippen molar-refractivity contribution in [3.05, 3.63) is 30.3 Å². The Morgan fingerprint density at radius 1 is 1.26 bits per heavy atom. The number of unbranched alkanes of at least 4 members (excludes halogenated alkanes) is 2. The molecule has 0 saturated heterocycles. The predicted octanol–water partition coefficient (Wildman–Crippen LogP) is 3.29. The quantitative estimate of drug-likeness (QED) is 0.683. The fourth-order valence-electron chi connectivity index (χ4n) is 1.76. The highest BCUT2D eigenvalue weighted by molar-refractivity contribution is 5.77. The normalized spacial score (nSPS) is 10.2. The molecule has 0 bridgehead atoms. The molecule has 3 heteroatoms. The van der Waals surface area contributed by atoms with E-state index in [-0.39, 0.29) is 12.5 Å². The van der Waals surface area contributed by atoms with Gasteiger partial charge in [0.25, 0.3) is 5.91 Å². The third-order valence-corrected chi connectivity index (χ3v) is 2.96. The fourth-order valence-corrected chi connectivity index (χ4v) is 1.76.